The van der Waals surface area contributed by atoms with E-state index in [0.717, 1.165) is 38.3 Å². The lowest BCUT2D eigenvalue weighted by Gasteiger charge is -2.20. The molecule has 0 radical (unpaired) electrons. The van der Waals surface area contributed by atoms with Crippen molar-refractivity contribution in [3.05, 3.63) is 5.82 Å². The highest BCUT2D eigenvalue weighted by molar-refractivity contribution is 4.80. The molecule has 0 bridgehead atoms. The smallest absolute Gasteiger partial charge is 0.165 e. The third-order valence-corrected chi connectivity index (χ3v) is 3.15. The van der Waals surface area contributed by atoms with Crippen molar-refractivity contribution in [3.8, 4) is 0 Å². The molecule has 0 saturated carbocycles. The quantitative estimate of drug-likeness (QED) is 0.746. The van der Waals surface area contributed by atoms with Gasteiger partial charge in [0, 0.05) is 12.6 Å². The summed E-state index contributed by atoms with van der Waals surface area (Å²) in [6.07, 6.45) is 2.05. The first-order valence-electron chi connectivity index (χ1n) is 6.73. The Morgan fingerprint density at radius 1 is 1.39 bits per heavy atom. The highest BCUT2D eigenvalue weighted by atomic mass is 15.5. The van der Waals surface area contributed by atoms with Gasteiger partial charge in [-0.2, -0.15) is 0 Å². The van der Waals surface area contributed by atoms with Crippen molar-refractivity contribution in [2.45, 2.75) is 52.7 Å². The number of hydrogen-bond donors (Lipinski definition) is 1. The van der Waals surface area contributed by atoms with Gasteiger partial charge < -0.3 is 5.73 Å². The molecular formula is C12H26N6. The Kier molecular flexibility index (Phi) is 6.21. The van der Waals surface area contributed by atoms with Crippen LogP contribution in [0.1, 0.15) is 39.4 Å². The monoisotopic (exact) mass is 254 g/mol. The van der Waals surface area contributed by atoms with E-state index in [1.807, 2.05) is 4.68 Å². The molecule has 18 heavy (non-hydrogen) atoms. The predicted molar refractivity (Wildman–Crippen MR) is 71.9 cm³/mol. The molecule has 0 aromatic carbocycles. The first-order chi connectivity index (χ1) is 8.54. The minimum atomic E-state index is 0.263. The van der Waals surface area contributed by atoms with Crippen LogP contribution in [0.4, 0.5) is 0 Å². The highest BCUT2D eigenvalue weighted by Crippen LogP contribution is 2.05. The first-order valence-corrected chi connectivity index (χ1v) is 6.73. The number of rotatable bonds is 8. The molecule has 2 N–H and O–H groups in total. The Balaban J connectivity index is 2.39. The van der Waals surface area contributed by atoms with Crippen LogP contribution in [-0.4, -0.2) is 44.7 Å². The predicted octanol–water partition coefficient (Wildman–Crippen LogP) is 0.888. The largest absolute Gasteiger partial charge is 0.327 e. The summed E-state index contributed by atoms with van der Waals surface area (Å²) in [5.41, 5.74) is 6.04. The zero-order chi connectivity index (χ0) is 13.5. The van der Waals surface area contributed by atoms with Gasteiger partial charge >= 0.3 is 0 Å². The molecule has 0 amide bonds. The molecule has 1 aromatic rings. The van der Waals surface area contributed by atoms with Crippen LogP contribution >= 0.6 is 0 Å². The number of nitrogens with zero attached hydrogens (tertiary/aromatic N) is 5. The minimum absolute atomic E-state index is 0.263. The number of aryl methyl sites for hydroxylation is 1. The van der Waals surface area contributed by atoms with Gasteiger partial charge in [0.1, 0.15) is 0 Å². The fourth-order valence-electron chi connectivity index (χ4n) is 1.75. The topological polar surface area (TPSA) is 72.9 Å². The van der Waals surface area contributed by atoms with Gasteiger partial charge in [-0.05, 0) is 42.8 Å². The number of nitrogens with two attached hydrogens (primary N) is 1. The molecule has 0 aliphatic carbocycles. The molecule has 0 spiro atoms. The van der Waals surface area contributed by atoms with E-state index in [0.29, 0.717) is 5.92 Å². The van der Waals surface area contributed by atoms with E-state index in [1.165, 1.54) is 0 Å². The molecule has 1 unspecified atom stereocenters. The lowest BCUT2D eigenvalue weighted by molar-refractivity contribution is 0.284. The van der Waals surface area contributed by atoms with E-state index in [-0.39, 0.29) is 6.04 Å². The second-order valence-electron chi connectivity index (χ2n) is 5.25. The van der Waals surface area contributed by atoms with E-state index < -0.39 is 0 Å². The lowest BCUT2D eigenvalue weighted by atomic mass is 10.0. The highest BCUT2D eigenvalue weighted by Gasteiger charge is 2.11. The first kappa shape index (κ1) is 15.0. The van der Waals surface area contributed by atoms with Crippen molar-refractivity contribution in [1.82, 2.24) is 25.1 Å². The summed E-state index contributed by atoms with van der Waals surface area (Å²) < 4.78 is 1.87. The van der Waals surface area contributed by atoms with Gasteiger partial charge in [-0.1, -0.05) is 20.8 Å². The van der Waals surface area contributed by atoms with Gasteiger partial charge in [0.25, 0.3) is 0 Å². The number of hydrogen-bond acceptors (Lipinski definition) is 5. The number of tetrazole rings is 1. The van der Waals surface area contributed by atoms with Crippen LogP contribution in [0.2, 0.25) is 0 Å². The third-order valence-electron chi connectivity index (χ3n) is 3.15. The van der Waals surface area contributed by atoms with Crippen molar-refractivity contribution >= 4 is 0 Å². The third kappa shape index (κ3) is 4.70. The molecule has 0 aliphatic rings. The molecule has 0 fully saturated rings. The molecule has 0 aliphatic heterocycles. The fourth-order valence-corrected chi connectivity index (χ4v) is 1.75. The average molecular weight is 254 g/mol. The maximum Gasteiger partial charge on any atom is 0.165 e. The van der Waals surface area contributed by atoms with Crippen molar-refractivity contribution < 1.29 is 0 Å². The van der Waals surface area contributed by atoms with Gasteiger partial charge in [0.2, 0.25) is 0 Å². The van der Waals surface area contributed by atoms with Crippen LogP contribution < -0.4 is 5.73 Å². The molecule has 1 rings (SSSR count). The minimum Gasteiger partial charge on any atom is -0.327 e. The van der Waals surface area contributed by atoms with Crippen LogP contribution in [0.25, 0.3) is 0 Å². The van der Waals surface area contributed by atoms with Gasteiger partial charge in [0.15, 0.2) is 5.82 Å². The Morgan fingerprint density at radius 2 is 2.11 bits per heavy atom. The molecule has 6 nitrogen and oxygen atoms in total. The van der Waals surface area contributed by atoms with E-state index in [2.05, 4.69) is 48.2 Å². The Labute approximate surface area is 110 Å². The van der Waals surface area contributed by atoms with Crippen molar-refractivity contribution in [2.24, 2.45) is 11.7 Å². The van der Waals surface area contributed by atoms with Crippen molar-refractivity contribution in [3.63, 3.8) is 0 Å². The van der Waals surface area contributed by atoms with Crippen LogP contribution in [0, 0.1) is 5.92 Å². The van der Waals surface area contributed by atoms with E-state index in [1.54, 1.807) is 0 Å². The normalized spacial score (nSPS) is 13.5. The maximum absolute atomic E-state index is 6.04. The second-order valence-corrected chi connectivity index (χ2v) is 5.25. The summed E-state index contributed by atoms with van der Waals surface area (Å²) in [6, 6.07) is 0.263. The molecule has 1 aromatic heterocycles. The summed E-state index contributed by atoms with van der Waals surface area (Å²) in [5, 5.41) is 11.8. The summed E-state index contributed by atoms with van der Waals surface area (Å²) in [5.74, 6) is 1.46. The molecule has 104 valence electrons. The summed E-state index contributed by atoms with van der Waals surface area (Å²) in [4.78, 5) is 2.22. The van der Waals surface area contributed by atoms with Crippen molar-refractivity contribution in [1.29, 1.82) is 0 Å². The number of aromatic nitrogens is 4. The van der Waals surface area contributed by atoms with Crippen LogP contribution in [-0.2, 0) is 13.1 Å². The van der Waals surface area contributed by atoms with Gasteiger partial charge in [-0.25, -0.2) is 4.68 Å². The molecule has 0 saturated heterocycles. The van der Waals surface area contributed by atoms with Gasteiger partial charge in [0.05, 0.1) is 6.54 Å². The Morgan fingerprint density at radius 3 is 2.72 bits per heavy atom. The molecular weight excluding hydrogens is 228 g/mol. The lowest BCUT2D eigenvalue weighted by Crippen LogP contribution is -2.32. The zero-order valence-electron chi connectivity index (χ0n) is 12.0. The standard InChI is InChI=1S/C12H26N6/c1-5-7-18-12(14-15-16-18)9-17(4)8-6-11(13)10(2)3/h10-11H,5-9,13H2,1-4H3. The fraction of sp³-hybridized carbons (Fsp3) is 0.917. The van der Waals surface area contributed by atoms with Crippen LogP contribution in [0.5, 0.6) is 0 Å². The molecule has 6 heteroatoms. The average Bonchev–Trinajstić information content (AvgIpc) is 2.74. The van der Waals surface area contributed by atoms with E-state index in [9.17, 15) is 0 Å². The molecule has 1 heterocycles. The zero-order valence-corrected chi connectivity index (χ0v) is 12.0. The van der Waals surface area contributed by atoms with Gasteiger partial charge in [-0.15, -0.1) is 5.10 Å². The molecule has 1 atom stereocenters. The van der Waals surface area contributed by atoms with Crippen molar-refractivity contribution in [2.75, 3.05) is 13.6 Å². The second kappa shape index (κ2) is 7.43. The Bertz CT molecular complexity index is 335. The van der Waals surface area contributed by atoms with E-state index in [4.69, 9.17) is 5.73 Å². The summed E-state index contributed by atoms with van der Waals surface area (Å²) in [6.45, 7) is 9.06. The summed E-state index contributed by atoms with van der Waals surface area (Å²) in [7, 11) is 2.08. The SMILES string of the molecule is CCCn1nnnc1CN(C)CCC(N)C(C)C. The Hall–Kier alpha value is -1.01. The summed E-state index contributed by atoms with van der Waals surface area (Å²) >= 11 is 0. The van der Waals surface area contributed by atoms with Gasteiger partial charge in [-0.3, -0.25) is 4.90 Å². The van der Waals surface area contributed by atoms with Crippen LogP contribution in [0.15, 0.2) is 0 Å². The maximum atomic E-state index is 6.04. The van der Waals surface area contributed by atoms with E-state index >= 15 is 0 Å². The van der Waals surface area contributed by atoms with Crippen LogP contribution in [0.3, 0.4) is 0 Å².